The van der Waals surface area contributed by atoms with Crippen LogP contribution in [0.3, 0.4) is 0 Å². The van der Waals surface area contributed by atoms with Gasteiger partial charge in [-0.1, -0.05) is 12.1 Å². The smallest absolute Gasteiger partial charge is 0.252 e. The Balaban J connectivity index is 1.29. The lowest BCUT2D eigenvalue weighted by Gasteiger charge is -2.28. The molecule has 2 aromatic heterocycles. The average Bonchev–Trinajstić information content (AvgIpc) is 3.47. The van der Waals surface area contributed by atoms with Crippen molar-refractivity contribution in [2.45, 2.75) is 25.0 Å². The number of morpholine rings is 1. The molecule has 1 aliphatic carbocycles. The lowest BCUT2D eigenvalue weighted by Crippen LogP contribution is -2.37. The van der Waals surface area contributed by atoms with Crippen molar-refractivity contribution in [3.8, 4) is 17.2 Å². The Labute approximate surface area is 226 Å². The molecule has 0 radical (unpaired) electrons. The molecule has 39 heavy (non-hydrogen) atoms. The fourth-order valence-electron chi connectivity index (χ4n) is 5.54. The van der Waals surface area contributed by atoms with Crippen molar-refractivity contribution in [3.63, 3.8) is 0 Å². The van der Waals surface area contributed by atoms with Gasteiger partial charge in [0.25, 0.3) is 5.91 Å². The van der Waals surface area contributed by atoms with Crippen LogP contribution < -0.4 is 16.0 Å². The first-order chi connectivity index (χ1) is 18.9. The van der Waals surface area contributed by atoms with E-state index in [0.29, 0.717) is 37.1 Å². The minimum atomic E-state index is -0.900. The van der Waals surface area contributed by atoms with E-state index < -0.39 is 11.3 Å². The summed E-state index contributed by atoms with van der Waals surface area (Å²) in [6.45, 7) is 3.91. The molecular formula is C28H31N7O4. The first kappa shape index (κ1) is 25.2. The van der Waals surface area contributed by atoms with E-state index >= 15 is 0 Å². The van der Waals surface area contributed by atoms with Gasteiger partial charge in [0.1, 0.15) is 5.41 Å². The molecule has 2 atom stereocenters. The summed E-state index contributed by atoms with van der Waals surface area (Å²) in [6, 6.07) is 12.2. The molecule has 2 amide bonds. The summed E-state index contributed by atoms with van der Waals surface area (Å²) in [6.07, 6.45) is 4.23. The molecule has 1 aromatic carbocycles. The van der Waals surface area contributed by atoms with Gasteiger partial charge in [-0.15, -0.1) is 0 Å². The molecule has 0 unspecified atom stereocenters. The van der Waals surface area contributed by atoms with E-state index in [1.807, 2.05) is 12.3 Å². The highest BCUT2D eigenvalue weighted by Crippen LogP contribution is 2.47. The van der Waals surface area contributed by atoms with Gasteiger partial charge in [-0.2, -0.15) is 10.4 Å². The van der Waals surface area contributed by atoms with Crippen LogP contribution in [0, 0.1) is 16.7 Å². The summed E-state index contributed by atoms with van der Waals surface area (Å²) < 4.78 is 12.9. The van der Waals surface area contributed by atoms with Crippen LogP contribution in [0.1, 0.15) is 23.2 Å². The van der Waals surface area contributed by atoms with Gasteiger partial charge in [-0.05, 0) is 36.6 Å². The molecule has 3 aliphatic rings. The van der Waals surface area contributed by atoms with Gasteiger partial charge in [0.2, 0.25) is 5.91 Å². The summed E-state index contributed by atoms with van der Waals surface area (Å²) in [4.78, 5) is 29.4. The van der Waals surface area contributed by atoms with Crippen molar-refractivity contribution >= 4 is 28.7 Å². The molecule has 11 nitrogen and oxygen atoms in total. The highest BCUT2D eigenvalue weighted by atomic mass is 16.5. The molecule has 3 N–H and O–H groups in total. The molecule has 0 spiro atoms. The fraction of sp³-hybridized carbons (Fsp3) is 0.429. The standard InChI is InChI=1S/C28H31N7O4/c1-38-24-16-34(27(37)28(17-29)6-7-28)15-22(24)32-25-21(26(30)36)13-31-35-14-19(12-23(25)35)18-2-4-20(5-3-18)33-8-10-39-11-9-33/h2-5,12-14,22,24,32H,6-11,15-16H2,1H3,(H2,30,36)/t22-,24-/m1/s1. The third kappa shape index (κ3) is 4.56. The number of nitrogens with two attached hydrogens (primary N) is 1. The highest BCUT2D eigenvalue weighted by Gasteiger charge is 2.54. The number of rotatable bonds is 7. The number of hydrogen-bond donors (Lipinski definition) is 2. The van der Waals surface area contributed by atoms with Crippen LogP contribution in [0.2, 0.25) is 0 Å². The Hall–Kier alpha value is -4.14. The van der Waals surface area contributed by atoms with Gasteiger partial charge >= 0.3 is 0 Å². The van der Waals surface area contributed by atoms with Gasteiger partial charge in [-0.25, -0.2) is 4.52 Å². The second-order valence-corrected chi connectivity index (χ2v) is 10.4. The molecule has 0 bridgehead atoms. The number of amides is 2. The number of nitriles is 1. The number of anilines is 2. The molecule has 202 valence electrons. The van der Waals surface area contributed by atoms with E-state index in [1.54, 1.807) is 16.5 Å². The van der Waals surface area contributed by atoms with E-state index in [4.69, 9.17) is 15.2 Å². The maximum atomic E-state index is 13.0. The van der Waals surface area contributed by atoms with Crippen LogP contribution in [-0.4, -0.2) is 85.0 Å². The zero-order valence-electron chi connectivity index (χ0n) is 21.8. The number of nitrogens with one attached hydrogen (secondary N) is 1. The maximum Gasteiger partial charge on any atom is 0.252 e. The number of methoxy groups -OCH3 is 1. The monoisotopic (exact) mass is 529 g/mol. The fourth-order valence-corrected chi connectivity index (χ4v) is 5.54. The third-order valence-electron chi connectivity index (χ3n) is 8.04. The van der Waals surface area contributed by atoms with Crippen molar-refractivity contribution < 1.29 is 19.1 Å². The Bertz CT molecular complexity index is 1450. The Kier molecular flexibility index (Phi) is 6.37. The highest BCUT2D eigenvalue weighted by molar-refractivity contribution is 6.02. The van der Waals surface area contributed by atoms with E-state index in [9.17, 15) is 14.9 Å². The summed E-state index contributed by atoms with van der Waals surface area (Å²) >= 11 is 0. The number of nitrogens with zero attached hydrogens (tertiary/aromatic N) is 5. The van der Waals surface area contributed by atoms with E-state index in [0.717, 1.165) is 43.1 Å². The molecule has 2 saturated heterocycles. The Morgan fingerprint density at radius 1 is 1.18 bits per heavy atom. The summed E-state index contributed by atoms with van der Waals surface area (Å²) in [7, 11) is 1.59. The van der Waals surface area contributed by atoms with Gasteiger partial charge in [0.15, 0.2) is 0 Å². The minimum Gasteiger partial charge on any atom is -0.378 e. The predicted octanol–water partition coefficient (Wildman–Crippen LogP) is 1.88. The Morgan fingerprint density at radius 2 is 1.92 bits per heavy atom. The Morgan fingerprint density at radius 3 is 2.56 bits per heavy atom. The minimum absolute atomic E-state index is 0.156. The molecule has 3 fully saturated rings. The SMILES string of the molecule is CO[C@@H]1CN(C(=O)C2(C#N)CC2)C[C@H]1Nc1c(C(N)=O)cnn2cc(-c3ccc(N4CCOCC4)cc3)cc12. The number of primary amides is 1. The number of carbonyl (C=O) groups is 2. The largest absolute Gasteiger partial charge is 0.378 e. The first-order valence-corrected chi connectivity index (χ1v) is 13.2. The van der Waals surface area contributed by atoms with Crippen LogP contribution in [0.5, 0.6) is 0 Å². The number of likely N-dealkylation sites (tertiary alicyclic amines) is 1. The van der Waals surface area contributed by atoms with Crippen molar-refractivity contribution in [3.05, 3.63) is 48.3 Å². The predicted molar refractivity (Wildman–Crippen MR) is 144 cm³/mol. The number of hydrogen-bond acceptors (Lipinski definition) is 8. The summed E-state index contributed by atoms with van der Waals surface area (Å²) in [5.41, 5.74) is 9.43. The van der Waals surface area contributed by atoms with Crippen LogP contribution in [-0.2, 0) is 14.3 Å². The van der Waals surface area contributed by atoms with Crippen molar-refractivity contribution in [1.82, 2.24) is 14.5 Å². The molecular weight excluding hydrogens is 498 g/mol. The summed E-state index contributed by atoms with van der Waals surface area (Å²) in [5, 5.41) is 17.4. The molecule has 3 aromatic rings. The van der Waals surface area contributed by atoms with E-state index in [2.05, 4.69) is 45.7 Å². The number of carbonyl (C=O) groups excluding carboxylic acids is 2. The van der Waals surface area contributed by atoms with Crippen LogP contribution in [0.15, 0.2) is 42.7 Å². The molecule has 2 aliphatic heterocycles. The number of aromatic nitrogens is 2. The van der Waals surface area contributed by atoms with Crippen molar-refractivity contribution in [2.24, 2.45) is 11.1 Å². The molecule has 6 rings (SSSR count). The number of benzene rings is 1. The molecule has 1 saturated carbocycles. The maximum absolute atomic E-state index is 13.0. The topological polar surface area (TPSA) is 138 Å². The first-order valence-electron chi connectivity index (χ1n) is 13.2. The van der Waals surface area contributed by atoms with Crippen LogP contribution in [0.25, 0.3) is 16.6 Å². The zero-order chi connectivity index (χ0) is 27.1. The van der Waals surface area contributed by atoms with Crippen molar-refractivity contribution in [2.75, 3.05) is 56.7 Å². The number of ether oxygens (including phenoxy) is 2. The normalized spacial score (nSPS) is 22.1. The van der Waals surface area contributed by atoms with Gasteiger partial charge in [-0.3, -0.25) is 9.59 Å². The molecule has 11 heteroatoms. The van der Waals surface area contributed by atoms with Gasteiger partial charge in [0, 0.05) is 50.7 Å². The second-order valence-electron chi connectivity index (χ2n) is 10.4. The van der Waals surface area contributed by atoms with Crippen LogP contribution >= 0.6 is 0 Å². The zero-order valence-corrected chi connectivity index (χ0v) is 21.8. The number of fused-ring (bicyclic) bond motifs is 1. The lowest BCUT2D eigenvalue weighted by molar-refractivity contribution is -0.134. The van der Waals surface area contributed by atoms with Gasteiger partial charge in [0.05, 0.1) is 54.4 Å². The molecule has 4 heterocycles. The average molecular weight is 530 g/mol. The van der Waals surface area contributed by atoms with Crippen LogP contribution in [0.4, 0.5) is 11.4 Å². The lowest BCUT2D eigenvalue weighted by atomic mass is 10.1. The summed E-state index contributed by atoms with van der Waals surface area (Å²) in [5.74, 6) is -0.761. The van der Waals surface area contributed by atoms with E-state index in [-0.39, 0.29) is 23.6 Å². The third-order valence-corrected chi connectivity index (χ3v) is 8.04. The quantitative estimate of drug-likeness (QED) is 0.473. The van der Waals surface area contributed by atoms with E-state index in [1.165, 1.54) is 6.20 Å². The van der Waals surface area contributed by atoms with Crippen molar-refractivity contribution in [1.29, 1.82) is 5.26 Å². The second kappa shape index (κ2) is 9.87. The van der Waals surface area contributed by atoms with Gasteiger partial charge < -0.3 is 30.3 Å².